The highest BCUT2D eigenvalue weighted by Crippen LogP contribution is 2.37. The Morgan fingerprint density at radius 3 is 2.29 bits per heavy atom. The largest absolute Gasteiger partial charge is 0.393 e. The minimum Gasteiger partial charge on any atom is -0.324 e. The molecule has 0 saturated carbocycles. The lowest BCUT2D eigenvalue weighted by Gasteiger charge is -2.24. The van der Waals surface area contributed by atoms with E-state index in [0.717, 1.165) is 36.4 Å². The second kappa shape index (κ2) is 9.84. The summed E-state index contributed by atoms with van der Waals surface area (Å²) in [5.41, 5.74) is 3.20. The van der Waals surface area contributed by atoms with E-state index in [0.29, 0.717) is 16.4 Å². The molecule has 2 atom stereocenters. The minimum atomic E-state index is -4.51. The first-order valence-corrected chi connectivity index (χ1v) is 11.5. The summed E-state index contributed by atoms with van der Waals surface area (Å²) < 4.78 is 40.4. The average Bonchev–Trinajstić information content (AvgIpc) is 3.17. The third kappa shape index (κ3) is 5.64. The molecule has 3 amide bonds. The lowest BCUT2D eigenvalue weighted by atomic mass is 10.0. The maximum atomic E-state index is 13.5. The molecular weight excluding hydrogens is 469 g/mol. The van der Waals surface area contributed by atoms with Crippen LogP contribution in [0.1, 0.15) is 17.5 Å². The van der Waals surface area contributed by atoms with Gasteiger partial charge in [0, 0.05) is 36.0 Å². The molecule has 4 rings (SSSR count). The Morgan fingerprint density at radius 2 is 1.62 bits per heavy atom. The van der Waals surface area contributed by atoms with Crippen molar-refractivity contribution in [3.8, 4) is 0 Å². The average molecular weight is 495 g/mol. The molecule has 2 heterocycles. The Bertz CT molecular complexity index is 1060. The smallest absolute Gasteiger partial charge is 0.324 e. The first-order valence-electron chi connectivity index (χ1n) is 11.1. The van der Waals surface area contributed by atoms with Gasteiger partial charge in [0.2, 0.25) is 5.91 Å². The van der Waals surface area contributed by atoms with Crippen LogP contribution in [0.5, 0.6) is 0 Å². The van der Waals surface area contributed by atoms with Gasteiger partial charge in [0.05, 0.1) is 5.92 Å². The van der Waals surface area contributed by atoms with Crippen LogP contribution in [-0.4, -0.2) is 60.6 Å². The highest BCUT2D eigenvalue weighted by atomic mass is 35.5. The predicted molar refractivity (Wildman–Crippen MR) is 125 cm³/mol. The van der Waals surface area contributed by atoms with Crippen molar-refractivity contribution in [1.82, 2.24) is 9.80 Å². The van der Waals surface area contributed by atoms with Gasteiger partial charge < -0.3 is 20.4 Å². The van der Waals surface area contributed by atoms with Crippen LogP contribution in [0.25, 0.3) is 0 Å². The SMILES string of the molecule is CN1CCc2ccc(NC(=O)[C@H]3CC(C(F)(F)F)CN3C(=O)Nc3ccc(Cl)cc3)cc2CC1. The number of hydrogen-bond acceptors (Lipinski definition) is 3. The van der Waals surface area contributed by atoms with Gasteiger partial charge in [0.25, 0.3) is 0 Å². The highest BCUT2D eigenvalue weighted by molar-refractivity contribution is 6.30. The Labute approximate surface area is 201 Å². The molecule has 34 heavy (non-hydrogen) atoms. The lowest BCUT2D eigenvalue weighted by Crippen LogP contribution is -2.45. The van der Waals surface area contributed by atoms with Crippen LogP contribution in [0.15, 0.2) is 42.5 Å². The van der Waals surface area contributed by atoms with Crippen LogP contribution in [0.3, 0.4) is 0 Å². The summed E-state index contributed by atoms with van der Waals surface area (Å²) in [6.45, 7) is 1.24. The van der Waals surface area contributed by atoms with Crippen LogP contribution in [-0.2, 0) is 17.6 Å². The number of nitrogens with one attached hydrogen (secondary N) is 2. The van der Waals surface area contributed by atoms with Crippen molar-refractivity contribution in [2.75, 3.05) is 37.3 Å². The molecule has 0 radical (unpaired) electrons. The van der Waals surface area contributed by atoms with Crippen molar-refractivity contribution in [2.24, 2.45) is 5.92 Å². The number of carbonyl (C=O) groups excluding carboxylic acids is 2. The number of hydrogen-bond donors (Lipinski definition) is 2. The van der Waals surface area contributed by atoms with Gasteiger partial charge in [-0.3, -0.25) is 4.79 Å². The fraction of sp³-hybridized carbons (Fsp3) is 0.417. The summed E-state index contributed by atoms with van der Waals surface area (Å²) in [7, 11) is 2.05. The van der Waals surface area contributed by atoms with Crippen LogP contribution >= 0.6 is 11.6 Å². The fourth-order valence-electron chi connectivity index (χ4n) is 4.41. The maximum absolute atomic E-state index is 13.5. The molecule has 2 aromatic carbocycles. The molecule has 2 aliphatic heterocycles. The third-order valence-corrected chi connectivity index (χ3v) is 6.67. The van der Waals surface area contributed by atoms with Crippen LogP contribution < -0.4 is 10.6 Å². The Hall–Kier alpha value is -2.78. The predicted octanol–water partition coefficient (Wildman–Crippen LogP) is 4.79. The molecular formula is C24H26ClF3N4O2. The van der Waals surface area contributed by atoms with Gasteiger partial charge in [0.1, 0.15) is 6.04 Å². The van der Waals surface area contributed by atoms with Gasteiger partial charge in [-0.05, 0) is 73.8 Å². The number of likely N-dealkylation sites (tertiary alicyclic amines) is 1. The molecule has 2 aromatic rings. The maximum Gasteiger partial charge on any atom is 0.393 e. The van der Waals surface area contributed by atoms with Crippen molar-refractivity contribution in [1.29, 1.82) is 0 Å². The second-order valence-corrected chi connectivity index (χ2v) is 9.29. The summed E-state index contributed by atoms with van der Waals surface area (Å²) >= 11 is 5.84. The standard InChI is InChI=1S/C24H26ClF3N4O2/c1-31-10-8-15-2-5-20(12-16(15)9-11-31)29-22(33)21-13-17(24(26,27)28)14-32(21)23(34)30-19-6-3-18(25)4-7-19/h2-7,12,17,21H,8-11,13-14H2,1H3,(H,29,33)(H,30,34)/t17?,21-/m1/s1. The number of likely N-dealkylation sites (N-methyl/N-ethyl adjacent to an activating group) is 1. The second-order valence-electron chi connectivity index (χ2n) is 8.86. The number of amides is 3. The molecule has 1 saturated heterocycles. The van der Waals surface area contributed by atoms with E-state index < -0.39 is 43.0 Å². The number of fused-ring (bicyclic) bond motifs is 1. The van der Waals surface area contributed by atoms with Gasteiger partial charge in [-0.2, -0.15) is 13.2 Å². The number of nitrogens with zero attached hydrogens (tertiary/aromatic N) is 2. The van der Waals surface area contributed by atoms with E-state index in [9.17, 15) is 22.8 Å². The number of benzene rings is 2. The van der Waals surface area contributed by atoms with E-state index in [2.05, 4.69) is 22.6 Å². The first-order chi connectivity index (χ1) is 16.1. The van der Waals surface area contributed by atoms with Crippen LogP contribution in [0.4, 0.5) is 29.3 Å². The van der Waals surface area contributed by atoms with E-state index in [1.54, 1.807) is 30.3 Å². The normalized spacial score (nSPS) is 21.0. The van der Waals surface area contributed by atoms with Crippen molar-refractivity contribution < 1.29 is 22.8 Å². The van der Waals surface area contributed by atoms with Crippen molar-refractivity contribution in [3.63, 3.8) is 0 Å². The van der Waals surface area contributed by atoms with Crippen molar-refractivity contribution in [3.05, 3.63) is 58.6 Å². The monoisotopic (exact) mass is 494 g/mol. The lowest BCUT2D eigenvalue weighted by molar-refractivity contribution is -0.170. The summed E-state index contributed by atoms with van der Waals surface area (Å²) in [5.74, 6) is -2.41. The molecule has 0 aliphatic carbocycles. The van der Waals surface area contributed by atoms with Crippen LogP contribution in [0.2, 0.25) is 5.02 Å². The van der Waals surface area contributed by atoms with Crippen molar-refractivity contribution >= 4 is 34.9 Å². The van der Waals surface area contributed by atoms with E-state index in [1.165, 1.54) is 5.56 Å². The topological polar surface area (TPSA) is 64.7 Å². The van der Waals surface area contributed by atoms with Crippen molar-refractivity contribution in [2.45, 2.75) is 31.5 Å². The van der Waals surface area contributed by atoms with Gasteiger partial charge in [0.15, 0.2) is 0 Å². The molecule has 2 aliphatic rings. The number of halogens is 4. The summed E-state index contributed by atoms with van der Waals surface area (Å²) in [4.78, 5) is 29.1. The number of urea groups is 1. The highest BCUT2D eigenvalue weighted by Gasteiger charge is 2.51. The first kappa shape index (κ1) is 24.3. The van der Waals surface area contributed by atoms with Gasteiger partial charge in [-0.25, -0.2) is 4.79 Å². The van der Waals surface area contributed by atoms with E-state index in [4.69, 9.17) is 11.6 Å². The molecule has 6 nitrogen and oxygen atoms in total. The zero-order valence-electron chi connectivity index (χ0n) is 18.7. The molecule has 2 N–H and O–H groups in total. The fourth-order valence-corrected chi connectivity index (χ4v) is 4.54. The molecule has 0 bridgehead atoms. The molecule has 1 fully saturated rings. The van der Waals surface area contributed by atoms with Gasteiger partial charge >= 0.3 is 12.2 Å². The third-order valence-electron chi connectivity index (χ3n) is 6.42. The number of anilines is 2. The Kier molecular flexibility index (Phi) is 7.04. The summed E-state index contributed by atoms with van der Waals surface area (Å²) in [5, 5.41) is 5.75. The number of carbonyl (C=O) groups is 2. The summed E-state index contributed by atoms with van der Waals surface area (Å²) in [6.07, 6.45) is -3.28. The Balaban J connectivity index is 1.50. The molecule has 0 aromatic heterocycles. The van der Waals surface area contributed by atoms with Gasteiger partial charge in [-0.1, -0.05) is 17.7 Å². The summed E-state index contributed by atoms with van der Waals surface area (Å²) in [6, 6.07) is 9.77. The van der Waals surface area contributed by atoms with E-state index in [-0.39, 0.29) is 0 Å². The molecule has 182 valence electrons. The quantitative estimate of drug-likeness (QED) is 0.644. The van der Waals surface area contributed by atoms with Crippen LogP contribution in [0, 0.1) is 5.92 Å². The minimum absolute atomic E-state index is 0.375. The molecule has 10 heteroatoms. The molecule has 0 spiro atoms. The zero-order valence-corrected chi connectivity index (χ0v) is 19.4. The molecule has 1 unspecified atom stereocenters. The van der Waals surface area contributed by atoms with E-state index >= 15 is 0 Å². The Morgan fingerprint density at radius 1 is 0.971 bits per heavy atom. The number of rotatable bonds is 3. The number of alkyl halides is 3. The van der Waals surface area contributed by atoms with Gasteiger partial charge in [-0.15, -0.1) is 0 Å². The zero-order chi connectivity index (χ0) is 24.5. The van der Waals surface area contributed by atoms with E-state index in [1.807, 2.05) is 12.1 Å².